The molecule has 84 valence electrons. The molecule has 0 spiro atoms. The summed E-state index contributed by atoms with van der Waals surface area (Å²) >= 11 is 4.89. The molecule has 1 rings (SSSR count). The van der Waals surface area contributed by atoms with Crippen molar-refractivity contribution in [2.24, 2.45) is 0 Å². The third-order valence-corrected chi connectivity index (χ3v) is 3.67. The molecule has 4 heteroatoms. The zero-order valence-corrected chi connectivity index (χ0v) is 10.9. The van der Waals surface area contributed by atoms with Gasteiger partial charge < -0.3 is 5.11 Å². The maximum Gasteiger partial charge on any atom is 0.137 e. The van der Waals surface area contributed by atoms with E-state index < -0.39 is 6.10 Å². The summed E-state index contributed by atoms with van der Waals surface area (Å²) in [6.07, 6.45) is 2.85. The van der Waals surface area contributed by atoms with Crippen molar-refractivity contribution in [2.45, 2.75) is 18.9 Å². The van der Waals surface area contributed by atoms with Gasteiger partial charge in [0.1, 0.15) is 5.82 Å². The first-order valence-electron chi connectivity index (χ1n) is 4.75. The van der Waals surface area contributed by atoms with Crippen molar-refractivity contribution in [3.8, 4) is 0 Å². The molecular formula is C11H14BrFOS. The Morgan fingerprint density at radius 1 is 1.53 bits per heavy atom. The van der Waals surface area contributed by atoms with E-state index in [1.165, 1.54) is 6.07 Å². The van der Waals surface area contributed by atoms with Crippen molar-refractivity contribution < 1.29 is 9.50 Å². The van der Waals surface area contributed by atoms with E-state index in [4.69, 9.17) is 0 Å². The number of rotatable bonds is 5. The normalized spacial score (nSPS) is 12.8. The molecule has 1 nitrogen and oxygen atoms in total. The monoisotopic (exact) mass is 292 g/mol. The van der Waals surface area contributed by atoms with Crippen LogP contribution in [-0.2, 0) is 6.42 Å². The van der Waals surface area contributed by atoms with E-state index in [2.05, 4.69) is 15.9 Å². The van der Waals surface area contributed by atoms with Gasteiger partial charge in [0.25, 0.3) is 0 Å². The summed E-state index contributed by atoms with van der Waals surface area (Å²) in [6.45, 7) is 0. The zero-order chi connectivity index (χ0) is 11.3. The highest BCUT2D eigenvalue weighted by molar-refractivity contribution is 9.10. The molecular weight excluding hydrogens is 279 g/mol. The van der Waals surface area contributed by atoms with E-state index in [-0.39, 0.29) is 5.82 Å². The van der Waals surface area contributed by atoms with E-state index in [1.54, 1.807) is 17.8 Å². The third-order valence-electron chi connectivity index (χ3n) is 2.14. The summed E-state index contributed by atoms with van der Waals surface area (Å²) in [7, 11) is 0. The molecule has 1 N–H and O–H groups in total. The van der Waals surface area contributed by atoms with Crippen LogP contribution in [-0.4, -0.2) is 23.2 Å². The van der Waals surface area contributed by atoms with E-state index in [0.29, 0.717) is 10.9 Å². The van der Waals surface area contributed by atoms with Crippen LogP contribution in [0.5, 0.6) is 0 Å². The van der Waals surface area contributed by atoms with Gasteiger partial charge in [0, 0.05) is 0 Å². The molecule has 0 saturated heterocycles. The lowest BCUT2D eigenvalue weighted by Crippen LogP contribution is -2.12. The van der Waals surface area contributed by atoms with Crippen LogP contribution < -0.4 is 0 Å². The average Bonchev–Trinajstić information content (AvgIpc) is 2.22. The molecule has 0 radical (unpaired) electrons. The second-order valence-corrected chi connectivity index (χ2v) is 5.13. The molecule has 0 heterocycles. The van der Waals surface area contributed by atoms with Gasteiger partial charge in [0.2, 0.25) is 0 Å². The van der Waals surface area contributed by atoms with Gasteiger partial charge in [0.15, 0.2) is 0 Å². The Morgan fingerprint density at radius 3 is 2.93 bits per heavy atom. The lowest BCUT2D eigenvalue weighted by Gasteiger charge is -2.11. The van der Waals surface area contributed by atoms with E-state index in [9.17, 15) is 9.50 Å². The number of benzene rings is 1. The molecule has 15 heavy (non-hydrogen) atoms. The number of aliphatic hydroxyl groups excluding tert-OH is 1. The molecule has 1 unspecified atom stereocenters. The first kappa shape index (κ1) is 13.0. The molecule has 0 bridgehead atoms. The van der Waals surface area contributed by atoms with Crippen molar-refractivity contribution in [2.75, 3.05) is 12.0 Å². The first-order chi connectivity index (χ1) is 7.15. The highest BCUT2D eigenvalue weighted by atomic mass is 79.9. The Morgan fingerprint density at radius 2 is 2.27 bits per heavy atom. The fourth-order valence-electron chi connectivity index (χ4n) is 1.32. The van der Waals surface area contributed by atoms with Gasteiger partial charge in [-0.1, -0.05) is 12.1 Å². The van der Waals surface area contributed by atoms with Gasteiger partial charge in [-0.2, -0.15) is 11.8 Å². The van der Waals surface area contributed by atoms with Crippen molar-refractivity contribution in [3.63, 3.8) is 0 Å². The molecule has 0 fully saturated rings. The van der Waals surface area contributed by atoms with E-state index >= 15 is 0 Å². The Hall–Kier alpha value is -0.0600. The van der Waals surface area contributed by atoms with Crippen LogP contribution in [0.2, 0.25) is 0 Å². The fraction of sp³-hybridized carbons (Fsp3) is 0.455. The molecule has 0 aliphatic rings. The molecule has 0 aliphatic heterocycles. The van der Waals surface area contributed by atoms with E-state index in [1.807, 2.05) is 12.3 Å². The summed E-state index contributed by atoms with van der Waals surface area (Å²) in [6, 6.07) is 4.90. The summed E-state index contributed by atoms with van der Waals surface area (Å²) in [5.74, 6) is 0.651. The second kappa shape index (κ2) is 6.51. The Bertz CT molecular complexity index is 319. The lowest BCUT2D eigenvalue weighted by atomic mass is 10.1. The van der Waals surface area contributed by atoms with Crippen LogP contribution in [0.3, 0.4) is 0 Å². The van der Waals surface area contributed by atoms with Crippen molar-refractivity contribution in [3.05, 3.63) is 34.1 Å². The second-order valence-electron chi connectivity index (χ2n) is 3.35. The SMILES string of the molecule is CSCCC(O)Cc1cccc(F)c1Br. The number of hydrogen-bond acceptors (Lipinski definition) is 2. The van der Waals surface area contributed by atoms with Crippen LogP contribution in [0.15, 0.2) is 22.7 Å². The van der Waals surface area contributed by atoms with Crippen molar-refractivity contribution in [1.82, 2.24) is 0 Å². The van der Waals surface area contributed by atoms with Crippen LogP contribution >= 0.6 is 27.7 Å². The Labute approximate surface area is 102 Å². The Balaban J connectivity index is 2.60. The van der Waals surface area contributed by atoms with Gasteiger partial charge in [-0.05, 0) is 52.4 Å². The maximum absolute atomic E-state index is 13.1. The summed E-state index contributed by atoms with van der Waals surface area (Å²) in [4.78, 5) is 0. The van der Waals surface area contributed by atoms with Gasteiger partial charge in [-0.15, -0.1) is 0 Å². The predicted octanol–water partition coefficient (Wildman–Crippen LogP) is 3.24. The largest absolute Gasteiger partial charge is 0.393 e. The molecule has 0 aromatic heterocycles. The van der Waals surface area contributed by atoms with Crippen LogP contribution in [0.25, 0.3) is 0 Å². The van der Waals surface area contributed by atoms with Gasteiger partial charge in [0.05, 0.1) is 10.6 Å². The number of aliphatic hydroxyl groups is 1. The predicted molar refractivity (Wildman–Crippen MR) is 66.8 cm³/mol. The third kappa shape index (κ3) is 4.13. The van der Waals surface area contributed by atoms with Gasteiger partial charge >= 0.3 is 0 Å². The molecule has 1 atom stereocenters. The molecule has 1 aromatic carbocycles. The number of thioether (sulfide) groups is 1. The van der Waals surface area contributed by atoms with E-state index in [0.717, 1.165) is 17.7 Å². The number of hydrogen-bond donors (Lipinski definition) is 1. The summed E-state index contributed by atoms with van der Waals surface area (Å²) in [5, 5.41) is 9.69. The first-order valence-corrected chi connectivity index (χ1v) is 6.93. The minimum atomic E-state index is -0.393. The summed E-state index contributed by atoms with van der Waals surface area (Å²) in [5.41, 5.74) is 0.823. The molecule has 0 aliphatic carbocycles. The smallest absolute Gasteiger partial charge is 0.137 e. The lowest BCUT2D eigenvalue weighted by molar-refractivity contribution is 0.172. The quantitative estimate of drug-likeness (QED) is 0.899. The number of halogens is 2. The van der Waals surface area contributed by atoms with Gasteiger partial charge in [-0.3, -0.25) is 0 Å². The van der Waals surface area contributed by atoms with Crippen molar-refractivity contribution >= 4 is 27.7 Å². The minimum Gasteiger partial charge on any atom is -0.393 e. The fourth-order valence-corrected chi connectivity index (χ4v) is 2.25. The average molecular weight is 293 g/mol. The molecule has 0 saturated carbocycles. The maximum atomic E-state index is 13.1. The van der Waals surface area contributed by atoms with Crippen LogP contribution in [0, 0.1) is 5.82 Å². The summed E-state index contributed by atoms with van der Waals surface area (Å²) < 4.78 is 13.6. The molecule has 1 aromatic rings. The van der Waals surface area contributed by atoms with Crippen LogP contribution in [0.1, 0.15) is 12.0 Å². The Kier molecular flexibility index (Phi) is 5.64. The highest BCUT2D eigenvalue weighted by Gasteiger charge is 2.10. The van der Waals surface area contributed by atoms with Crippen LogP contribution in [0.4, 0.5) is 4.39 Å². The standard InChI is InChI=1S/C11H14BrFOS/c1-15-6-5-9(14)7-8-3-2-4-10(13)11(8)12/h2-4,9,14H,5-7H2,1H3. The zero-order valence-electron chi connectivity index (χ0n) is 8.54. The topological polar surface area (TPSA) is 20.2 Å². The highest BCUT2D eigenvalue weighted by Crippen LogP contribution is 2.22. The van der Waals surface area contributed by atoms with Gasteiger partial charge in [-0.25, -0.2) is 4.39 Å². The minimum absolute atomic E-state index is 0.274. The molecule has 0 amide bonds. The van der Waals surface area contributed by atoms with Crippen molar-refractivity contribution in [1.29, 1.82) is 0 Å².